The molecule has 1 aromatic rings. The maximum Gasteiger partial charge on any atom is 0.433 e. The number of hydrogen-bond acceptors (Lipinski definition) is 3. The van der Waals surface area contributed by atoms with Crippen molar-refractivity contribution in [2.45, 2.75) is 26.1 Å². The lowest BCUT2D eigenvalue weighted by Crippen LogP contribution is -2.38. The van der Waals surface area contributed by atoms with Gasteiger partial charge in [0.1, 0.15) is 5.69 Å². The van der Waals surface area contributed by atoms with E-state index in [0.29, 0.717) is 6.54 Å². The quantitative estimate of drug-likeness (QED) is 0.862. The summed E-state index contributed by atoms with van der Waals surface area (Å²) in [7, 11) is 0. The van der Waals surface area contributed by atoms with Crippen LogP contribution in [0.2, 0.25) is 0 Å². The SMILES string of the molecule is CCN[C@H](C)CNC(=O)c1ccc(C(F)(F)F)nc1. The van der Waals surface area contributed by atoms with E-state index in [2.05, 4.69) is 15.6 Å². The second-order valence-corrected chi connectivity index (χ2v) is 4.10. The zero-order chi connectivity index (χ0) is 14.5. The van der Waals surface area contributed by atoms with Gasteiger partial charge in [-0.1, -0.05) is 6.92 Å². The van der Waals surface area contributed by atoms with Crippen LogP contribution in [0.25, 0.3) is 0 Å². The zero-order valence-corrected chi connectivity index (χ0v) is 10.7. The van der Waals surface area contributed by atoms with Gasteiger partial charge in [0, 0.05) is 18.8 Å². The van der Waals surface area contributed by atoms with Crippen LogP contribution in [0.15, 0.2) is 18.3 Å². The van der Waals surface area contributed by atoms with Gasteiger partial charge in [0.05, 0.1) is 5.56 Å². The summed E-state index contributed by atoms with van der Waals surface area (Å²) in [5.74, 6) is -0.439. The van der Waals surface area contributed by atoms with Crippen LogP contribution in [-0.2, 0) is 6.18 Å². The van der Waals surface area contributed by atoms with Crippen molar-refractivity contribution < 1.29 is 18.0 Å². The molecule has 0 aliphatic carbocycles. The van der Waals surface area contributed by atoms with E-state index in [9.17, 15) is 18.0 Å². The average molecular weight is 275 g/mol. The highest BCUT2D eigenvalue weighted by molar-refractivity contribution is 5.93. The van der Waals surface area contributed by atoms with Crippen molar-refractivity contribution in [2.24, 2.45) is 0 Å². The first-order chi connectivity index (χ1) is 8.84. The Balaban J connectivity index is 2.59. The molecule has 19 heavy (non-hydrogen) atoms. The van der Waals surface area contributed by atoms with Crippen molar-refractivity contribution in [1.29, 1.82) is 0 Å². The average Bonchev–Trinajstić information content (AvgIpc) is 2.35. The van der Waals surface area contributed by atoms with Crippen LogP contribution in [0.3, 0.4) is 0 Å². The van der Waals surface area contributed by atoms with Gasteiger partial charge in [-0.2, -0.15) is 13.2 Å². The summed E-state index contributed by atoms with van der Waals surface area (Å²) in [5.41, 5.74) is -0.901. The lowest BCUT2D eigenvalue weighted by molar-refractivity contribution is -0.141. The number of nitrogens with one attached hydrogen (secondary N) is 2. The molecule has 0 aliphatic rings. The van der Waals surface area contributed by atoms with E-state index in [-0.39, 0.29) is 11.6 Å². The number of halogens is 3. The van der Waals surface area contributed by atoms with Crippen LogP contribution in [0.5, 0.6) is 0 Å². The molecular formula is C12H16F3N3O. The zero-order valence-electron chi connectivity index (χ0n) is 10.7. The van der Waals surface area contributed by atoms with E-state index < -0.39 is 17.8 Å². The van der Waals surface area contributed by atoms with E-state index in [1.807, 2.05) is 13.8 Å². The number of nitrogens with zero attached hydrogens (tertiary/aromatic N) is 1. The van der Waals surface area contributed by atoms with Crippen molar-refractivity contribution in [3.63, 3.8) is 0 Å². The van der Waals surface area contributed by atoms with Crippen LogP contribution in [0, 0.1) is 0 Å². The van der Waals surface area contributed by atoms with Crippen molar-refractivity contribution in [3.8, 4) is 0 Å². The number of likely N-dealkylation sites (N-methyl/N-ethyl adjacent to an activating group) is 1. The number of carbonyl (C=O) groups excluding carboxylic acids is 1. The Kier molecular flexibility index (Phi) is 5.29. The number of aromatic nitrogens is 1. The van der Waals surface area contributed by atoms with Crippen LogP contribution < -0.4 is 10.6 Å². The Morgan fingerprint density at radius 1 is 1.42 bits per heavy atom. The summed E-state index contributed by atoms with van der Waals surface area (Å²) >= 11 is 0. The molecular weight excluding hydrogens is 259 g/mol. The first-order valence-electron chi connectivity index (χ1n) is 5.89. The third kappa shape index (κ3) is 4.86. The maximum absolute atomic E-state index is 12.3. The molecule has 106 valence electrons. The predicted molar refractivity (Wildman–Crippen MR) is 64.7 cm³/mol. The third-order valence-electron chi connectivity index (χ3n) is 2.44. The Morgan fingerprint density at radius 2 is 2.11 bits per heavy atom. The number of carbonyl (C=O) groups is 1. The fourth-order valence-corrected chi connectivity index (χ4v) is 1.46. The molecule has 0 saturated carbocycles. The molecule has 0 unspecified atom stereocenters. The Morgan fingerprint density at radius 3 is 2.58 bits per heavy atom. The maximum atomic E-state index is 12.3. The van der Waals surface area contributed by atoms with Gasteiger partial charge in [-0.05, 0) is 25.6 Å². The molecule has 1 aromatic heterocycles. The van der Waals surface area contributed by atoms with E-state index >= 15 is 0 Å². The van der Waals surface area contributed by atoms with Crippen LogP contribution in [0.1, 0.15) is 29.9 Å². The van der Waals surface area contributed by atoms with Gasteiger partial charge in [0.25, 0.3) is 5.91 Å². The van der Waals surface area contributed by atoms with Crippen molar-refractivity contribution >= 4 is 5.91 Å². The molecule has 0 aliphatic heterocycles. The summed E-state index contributed by atoms with van der Waals surface area (Å²) in [6, 6.07) is 2.00. The van der Waals surface area contributed by atoms with Crippen molar-refractivity contribution in [1.82, 2.24) is 15.6 Å². The minimum Gasteiger partial charge on any atom is -0.350 e. The van der Waals surface area contributed by atoms with Gasteiger partial charge in [-0.15, -0.1) is 0 Å². The van der Waals surface area contributed by atoms with Crippen molar-refractivity contribution in [2.75, 3.05) is 13.1 Å². The van der Waals surface area contributed by atoms with Crippen LogP contribution in [-0.4, -0.2) is 30.0 Å². The highest BCUT2D eigenvalue weighted by atomic mass is 19.4. The van der Waals surface area contributed by atoms with E-state index in [4.69, 9.17) is 0 Å². The van der Waals surface area contributed by atoms with Gasteiger partial charge in [0.15, 0.2) is 0 Å². The monoisotopic (exact) mass is 275 g/mol. The van der Waals surface area contributed by atoms with Gasteiger partial charge in [-0.25, -0.2) is 0 Å². The molecule has 4 nitrogen and oxygen atoms in total. The predicted octanol–water partition coefficient (Wildman–Crippen LogP) is 1.83. The van der Waals surface area contributed by atoms with Crippen molar-refractivity contribution in [3.05, 3.63) is 29.6 Å². The molecule has 0 fully saturated rings. The fraction of sp³-hybridized carbons (Fsp3) is 0.500. The molecule has 0 saturated heterocycles. The molecule has 1 amide bonds. The summed E-state index contributed by atoms with van der Waals surface area (Å²) in [5, 5.41) is 5.72. The minimum atomic E-state index is -4.49. The highest BCUT2D eigenvalue weighted by Gasteiger charge is 2.32. The second-order valence-electron chi connectivity index (χ2n) is 4.10. The first-order valence-corrected chi connectivity index (χ1v) is 5.89. The van der Waals surface area contributed by atoms with E-state index in [1.54, 1.807) is 0 Å². The number of rotatable bonds is 5. The molecule has 1 heterocycles. The third-order valence-corrected chi connectivity index (χ3v) is 2.44. The summed E-state index contributed by atoms with van der Waals surface area (Å²) in [6.07, 6.45) is -3.56. The highest BCUT2D eigenvalue weighted by Crippen LogP contribution is 2.27. The van der Waals surface area contributed by atoms with E-state index in [1.165, 1.54) is 0 Å². The Labute approximate surface area is 109 Å². The summed E-state index contributed by atoms with van der Waals surface area (Å²) in [4.78, 5) is 14.9. The molecule has 0 aromatic carbocycles. The topological polar surface area (TPSA) is 54.0 Å². The van der Waals surface area contributed by atoms with E-state index in [0.717, 1.165) is 24.9 Å². The van der Waals surface area contributed by atoms with Crippen LogP contribution >= 0.6 is 0 Å². The molecule has 0 spiro atoms. The molecule has 0 bridgehead atoms. The van der Waals surface area contributed by atoms with Gasteiger partial charge < -0.3 is 10.6 Å². The first kappa shape index (κ1) is 15.4. The fourth-order valence-electron chi connectivity index (χ4n) is 1.46. The Bertz CT molecular complexity index is 417. The summed E-state index contributed by atoms with van der Waals surface area (Å²) in [6.45, 7) is 5.01. The van der Waals surface area contributed by atoms with Gasteiger partial charge >= 0.3 is 6.18 Å². The largest absolute Gasteiger partial charge is 0.433 e. The lowest BCUT2D eigenvalue weighted by Gasteiger charge is -2.13. The molecule has 0 radical (unpaired) electrons. The summed E-state index contributed by atoms with van der Waals surface area (Å²) < 4.78 is 36.9. The van der Waals surface area contributed by atoms with Crippen LogP contribution in [0.4, 0.5) is 13.2 Å². The standard InChI is InChI=1S/C12H16F3N3O/c1-3-16-8(2)6-18-11(19)9-4-5-10(17-7-9)12(13,14)15/h4-5,7-8,16H,3,6H2,1-2H3,(H,18,19)/t8-/m1/s1. The Hall–Kier alpha value is -1.63. The number of hydrogen-bond donors (Lipinski definition) is 2. The second kappa shape index (κ2) is 6.51. The van der Waals surface area contributed by atoms with Gasteiger partial charge in [0.2, 0.25) is 0 Å². The number of alkyl halides is 3. The minimum absolute atomic E-state index is 0.0938. The van der Waals surface area contributed by atoms with Gasteiger partial charge in [-0.3, -0.25) is 9.78 Å². The number of amides is 1. The smallest absolute Gasteiger partial charge is 0.350 e. The molecule has 7 heteroatoms. The number of pyridine rings is 1. The normalized spacial score (nSPS) is 13.1. The molecule has 1 atom stereocenters. The molecule has 2 N–H and O–H groups in total. The molecule has 1 rings (SSSR count). The lowest BCUT2D eigenvalue weighted by atomic mass is 10.2.